The monoisotopic (exact) mass is 474 g/mol. The number of halogens is 1. The van der Waals surface area contributed by atoms with E-state index in [0.717, 1.165) is 38.6 Å². The lowest BCUT2D eigenvalue weighted by Gasteiger charge is -2.15. The molecule has 0 unspecified atom stereocenters. The largest absolute Gasteiger partial charge is 0.497 e. The van der Waals surface area contributed by atoms with Gasteiger partial charge in [0.05, 0.1) is 17.8 Å². The molecule has 0 fully saturated rings. The van der Waals surface area contributed by atoms with Crippen LogP contribution in [0.1, 0.15) is 15.9 Å². The van der Waals surface area contributed by atoms with E-state index in [-0.39, 0.29) is 5.91 Å². The number of carbonyl (C=O) groups is 1. The molecule has 0 radical (unpaired) electrons. The molecule has 3 aromatic carbocycles. The van der Waals surface area contributed by atoms with Gasteiger partial charge in [0.2, 0.25) is 0 Å². The molecule has 1 heterocycles. The van der Waals surface area contributed by atoms with Crippen LogP contribution in [0.25, 0.3) is 22.4 Å². The van der Waals surface area contributed by atoms with E-state index >= 15 is 0 Å². The molecule has 0 aliphatic heterocycles. The van der Waals surface area contributed by atoms with Crippen LogP contribution in [0, 0.1) is 6.92 Å². The summed E-state index contributed by atoms with van der Waals surface area (Å²) in [6.07, 6.45) is 3.73. The third kappa shape index (κ3) is 5.05. The third-order valence-electron chi connectivity index (χ3n) is 5.37. The maximum absolute atomic E-state index is 13.4. The van der Waals surface area contributed by atoms with Gasteiger partial charge < -0.3 is 10.1 Å². The Morgan fingerprint density at radius 2 is 1.82 bits per heavy atom. The Kier molecular flexibility index (Phi) is 7.02. The average molecular weight is 475 g/mol. The Morgan fingerprint density at radius 1 is 0.970 bits per heavy atom. The summed E-state index contributed by atoms with van der Waals surface area (Å²) in [6.45, 7) is 2.03. The molecule has 0 saturated heterocycles. The fourth-order valence-electron chi connectivity index (χ4n) is 3.61. The van der Waals surface area contributed by atoms with E-state index in [1.807, 2.05) is 73.8 Å². The minimum absolute atomic E-state index is 0.200. The van der Waals surface area contributed by atoms with Gasteiger partial charge in [0, 0.05) is 27.9 Å². The molecular formula is C27H23ClN2O2S. The van der Waals surface area contributed by atoms with Crippen LogP contribution in [0.3, 0.4) is 0 Å². The topological polar surface area (TPSA) is 51.2 Å². The van der Waals surface area contributed by atoms with Crippen molar-refractivity contribution in [3.63, 3.8) is 0 Å². The van der Waals surface area contributed by atoms with Crippen LogP contribution in [-0.2, 0) is 0 Å². The smallest absolute Gasteiger partial charge is 0.256 e. The lowest BCUT2D eigenvalue weighted by Crippen LogP contribution is -2.13. The summed E-state index contributed by atoms with van der Waals surface area (Å²) in [5, 5.41) is 3.60. The summed E-state index contributed by atoms with van der Waals surface area (Å²) >= 11 is 8.04. The van der Waals surface area contributed by atoms with Gasteiger partial charge in [-0.05, 0) is 90.5 Å². The lowest BCUT2D eigenvalue weighted by molar-refractivity contribution is 0.102. The van der Waals surface area contributed by atoms with Crippen molar-refractivity contribution in [2.75, 3.05) is 18.7 Å². The molecule has 1 N–H and O–H groups in total. The van der Waals surface area contributed by atoms with Crippen LogP contribution < -0.4 is 10.1 Å². The number of hydrogen-bond acceptors (Lipinski definition) is 4. The van der Waals surface area contributed by atoms with Crippen molar-refractivity contribution in [2.24, 2.45) is 0 Å². The second kappa shape index (κ2) is 10.1. The molecule has 0 spiro atoms. The van der Waals surface area contributed by atoms with E-state index in [1.165, 1.54) is 0 Å². The number of rotatable bonds is 6. The number of ether oxygens (including phenoxy) is 1. The summed E-state index contributed by atoms with van der Waals surface area (Å²) in [5.74, 6) is 0.545. The summed E-state index contributed by atoms with van der Waals surface area (Å²) in [6, 6.07) is 22.8. The Bertz CT molecular complexity index is 1310. The number of anilines is 1. The first-order chi connectivity index (χ1) is 16.0. The van der Waals surface area contributed by atoms with Gasteiger partial charge >= 0.3 is 0 Å². The molecule has 4 aromatic rings. The fraction of sp³-hybridized carbons (Fsp3) is 0.111. The van der Waals surface area contributed by atoms with Gasteiger partial charge in [0.15, 0.2) is 0 Å². The van der Waals surface area contributed by atoms with E-state index in [0.29, 0.717) is 16.3 Å². The van der Waals surface area contributed by atoms with Crippen LogP contribution >= 0.6 is 23.4 Å². The van der Waals surface area contributed by atoms with Gasteiger partial charge in [-0.15, -0.1) is 11.8 Å². The highest BCUT2D eigenvalue weighted by atomic mass is 35.5. The second-order valence-corrected chi connectivity index (χ2v) is 8.74. The van der Waals surface area contributed by atoms with Crippen LogP contribution in [-0.4, -0.2) is 24.3 Å². The quantitative estimate of drug-likeness (QED) is 0.296. The van der Waals surface area contributed by atoms with Crippen molar-refractivity contribution in [1.29, 1.82) is 0 Å². The zero-order valence-electron chi connectivity index (χ0n) is 18.6. The molecule has 0 atom stereocenters. The average Bonchev–Trinajstić information content (AvgIpc) is 2.85. The molecule has 1 amide bonds. The highest BCUT2D eigenvalue weighted by Crippen LogP contribution is 2.34. The number of hydrogen-bond donors (Lipinski definition) is 1. The Morgan fingerprint density at radius 3 is 2.55 bits per heavy atom. The summed E-state index contributed by atoms with van der Waals surface area (Å²) in [4.78, 5) is 18.9. The molecule has 1 aromatic heterocycles. The van der Waals surface area contributed by atoms with Crippen molar-refractivity contribution in [3.05, 3.63) is 95.1 Å². The van der Waals surface area contributed by atoms with Gasteiger partial charge in [0.25, 0.3) is 5.91 Å². The van der Waals surface area contributed by atoms with Gasteiger partial charge in [-0.2, -0.15) is 0 Å². The minimum atomic E-state index is -0.200. The Hall–Kier alpha value is -3.28. The Labute approximate surface area is 203 Å². The van der Waals surface area contributed by atoms with Crippen molar-refractivity contribution >= 4 is 35.0 Å². The van der Waals surface area contributed by atoms with Crippen molar-refractivity contribution in [1.82, 2.24) is 4.98 Å². The van der Waals surface area contributed by atoms with Crippen LogP contribution in [0.2, 0.25) is 5.02 Å². The van der Waals surface area contributed by atoms with Crippen molar-refractivity contribution in [2.45, 2.75) is 11.8 Å². The predicted octanol–water partition coefficient (Wildman–Crippen LogP) is 7.36. The van der Waals surface area contributed by atoms with Gasteiger partial charge in [-0.25, -0.2) is 0 Å². The number of thioether (sulfide) groups is 1. The van der Waals surface area contributed by atoms with E-state index in [1.54, 1.807) is 37.2 Å². The first kappa shape index (κ1) is 22.9. The van der Waals surface area contributed by atoms with E-state index in [9.17, 15) is 4.79 Å². The van der Waals surface area contributed by atoms with E-state index in [4.69, 9.17) is 16.3 Å². The van der Waals surface area contributed by atoms with Crippen molar-refractivity contribution in [3.8, 4) is 28.1 Å². The number of nitrogens with zero attached hydrogens (tertiary/aromatic N) is 1. The van der Waals surface area contributed by atoms with Gasteiger partial charge in [0.1, 0.15) is 5.75 Å². The van der Waals surface area contributed by atoms with Crippen LogP contribution in [0.15, 0.2) is 83.9 Å². The van der Waals surface area contributed by atoms with Crippen LogP contribution in [0.4, 0.5) is 5.69 Å². The van der Waals surface area contributed by atoms with Gasteiger partial charge in [-0.1, -0.05) is 23.7 Å². The summed E-state index contributed by atoms with van der Waals surface area (Å²) < 4.78 is 5.43. The SMILES string of the molecule is COc1ccc(C)c(-c2cc(SC)ccc2C(=O)Nc2ccc(Cl)c(-c3ccccn3)c2)c1. The molecule has 6 heteroatoms. The van der Waals surface area contributed by atoms with Crippen molar-refractivity contribution < 1.29 is 9.53 Å². The first-order valence-electron chi connectivity index (χ1n) is 10.4. The zero-order valence-corrected chi connectivity index (χ0v) is 20.1. The number of nitrogens with one attached hydrogen (secondary N) is 1. The van der Waals surface area contributed by atoms with E-state index in [2.05, 4.69) is 10.3 Å². The number of pyridine rings is 1. The molecule has 0 aliphatic carbocycles. The fourth-order valence-corrected chi connectivity index (χ4v) is 4.26. The Balaban J connectivity index is 1.73. The molecule has 4 nitrogen and oxygen atoms in total. The summed E-state index contributed by atoms with van der Waals surface area (Å²) in [7, 11) is 1.64. The molecular weight excluding hydrogens is 452 g/mol. The first-order valence-corrected chi connectivity index (χ1v) is 12.0. The number of amides is 1. The molecule has 0 bridgehead atoms. The summed E-state index contributed by atoms with van der Waals surface area (Å²) in [5.41, 5.74) is 5.61. The number of methoxy groups -OCH3 is 1. The maximum atomic E-state index is 13.4. The molecule has 0 saturated carbocycles. The predicted molar refractivity (Wildman–Crippen MR) is 138 cm³/mol. The number of aromatic nitrogens is 1. The molecule has 4 rings (SSSR count). The number of benzene rings is 3. The van der Waals surface area contributed by atoms with Crippen LogP contribution in [0.5, 0.6) is 5.75 Å². The van der Waals surface area contributed by atoms with E-state index < -0.39 is 0 Å². The number of aryl methyl sites for hydroxylation is 1. The minimum Gasteiger partial charge on any atom is -0.497 e. The maximum Gasteiger partial charge on any atom is 0.256 e. The molecule has 166 valence electrons. The second-order valence-electron chi connectivity index (χ2n) is 7.46. The number of carbonyl (C=O) groups excluding carboxylic acids is 1. The highest BCUT2D eigenvalue weighted by molar-refractivity contribution is 7.98. The zero-order chi connectivity index (χ0) is 23.4. The normalized spacial score (nSPS) is 10.7. The lowest BCUT2D eigenvalue weighted by atomic mass is 9.95. The molecule has 33 heavy (non-hydrogen) atoms. The molecule has 0 aliphatic rings. The third-order valence-corrected chi connectivity index (χ3v) is 6.43. The van der Waals surface area contributed by atoms with Gasteiger partial charge in [-0.3, -0.25) is 9.78 Å². The standard InChI is InChI=1S/C27H23ClN2O2S/c1-17-7-9-19(32-2)15-22(17)23-16-20(33-3)10-11-21(23)27(31)30-18-8-12-25(28)24(14-18)26-6-4-5-13-29-26/h4-16H,1-3H3,(H,30,31). The highest BCUT2D eigenvalue weighted by Gasteiger charge is 2.17.